The molecule has 3 nitrogen and oxygen atoms in total. The van der Waals surface area contributed by atoms with Gasteiger partial charge in [-0.25, -0.2) is 0 Å². The number of nitrogens with zero attached hydrogens (tertiary/aromatic N) is 1. The minimum Gasteiger partial charge on any atom is -0.329 e. The lowest BCUT2D eigenvalue weighted by Gasteiger charge is -2.34. The second-order valence-electron chi connectivity index (χ2n) is 5.36. The van der Waals surface area contributed by atoms with Crippen LogP contribution < -0.4 is 11.1 Å². The third-order valence-corrected chi connectivity index (χ3v) is 3.80. The van der Waals surface area contributed by atoms with Crippen molar-refractivity contribution in [3.63, 3.8) is 0 Å². The van der Waals surface area contributed by atoms with Gasteiger partial charge in [0.2, 0.25) is 0 Å². The van der Waals surface area contributed by atoms with E-state index in [1.54, 1.807) is 0 Å². The molecule has 1 heterocycles. The summed E-state index contributed by atoms with van der Waals surface area (Å²) < 4.78 is 0. The van der Waals surface area contributed by atoms with Crippen molar-refractivity contribution in [3.8, 4) is 0 Å². The van der Waals surface area contributed by atoms with E-state index in [2.05, 4.69) is 48.3 Å². The van der Waals surface area contributed by atoms with Crippen molar-refractivity contribution >= 4 is 0 Å². The molecule has 3 heteroatoms. The maximum absolute atomic E-state index is 5.97. The first-order valence-corrected chi connectivity index (χ1v) is 6.97. The van der Waals surface area contributed by atoms with E-state index >= 15 is 0 Å². The fourth-order valence-electron chi connectivity index (χ4n) is 2.59. The monoisotopic (exact) mass is 247 g/mol. The van der Waals surface area contributed by atoms with Gasteiger partial charge in [0.25, 0.3) is 0 Å². The highest BCUT2D eigenvalue weighted by Crippen LogP contribution is 2.22. The van der Waals surface area contributed by atoms with Crippen molar-refractivity contribution in [2.75, 3.05) is 32.7 Å². The minimum atomic E-state index is 0.369. The van der Waals surface area contributed by atoms with Gasteiger partial charge in [0.05, 0.1) is 0 Å². The Morgan fingerprint density at radius 3 is 2.17 bits per heavy atom. The number of nitrogens with two attached hydrogens (primary N) is 1. The van der Waals surface area contributed by atoms with Gasteiger partial charge in [-0.3, -0.25) is 4.90 Å². The van der Waals surface area contributed by atoms with Crippen LogP contribution in [0.3, 0.4) is 0 Å². The van der Waals surface area contributed by atoms with E-state index in [1.807, 2.05) is 0 Å². The van der Waals surface area contributed by atoms with Crippen molar-refractivity contribution < 1.29 is 0 Å². The van der Waals surface area contributed by atoms with E-state index in [-0.39, 0.29) is 0 Å². The number of rotatable bonds is 4. The van der Waals surface area contributed by atoms with Crippen LogP contribution in [0.4, 0.5) is 0 Å². The Labute approximate surface area is 110 Å². The molecule has 18 heavy (non-hydrogen) atoms. The van der Waals surface area contributed by atoms with Gasteiger partial charge >= 0.3 is 0 Å². The largest absolute Gasteiger partial charge is 0.329 e. The quantitative estimate of drug-likeness (QED) is 0.851. The Kier molecular flexibility index (Phi) is 4.75. The summed E-state index contributed by atoms with van der Waals surface area (Å²) in [5, 5.41) is 3.39. The molecule has 0 saturated carbocycles. The van der Waals surface area contributed by atoms with Crippen molar-refractivity contribution in [2.45, 2.75) is 25.8 Å². The summed E-state index contributed by atoms with van der Waals surface area (Å²) in [7, 11) is 0. The molecule has 1 aromatic carbocycles. The second-order valence-corrected chi connectivity index (χ2v) is 5.36. The average molecular weight is 247 g/mol. The molecule has 1 fully saturated rings. The fourth-order valence-corrected chi connectivity index (χ4v) is 2.59. The van der Waals surface area contributed by atoms with Gasteiger partial charge in [-0.2, -0.15) is 0 Å². The molecule has 0 radical (unpaired) electrons. The molecular formula is C15H25N3. The van der Waals surface area contributed by atoms with Crippen molar-refractivity contribution in [3.05, 3.63) is 35.4 Å². The van der Waals surface area contributed by atoms with E-state index in [0.717, 1.165) is 26.2 Å². The predicted octanol–water partition coefficient (Wildman–Crippen LogP) is 1.72. The Bertz CT molecular complexity index is 353. The summed E-state index contributed by atoms with van der Waals surface area (Å²) in [6.45, 7) is 9.47. The average Bonchev–Trinajstić information content (AvgIpc) is 2.41. The highest BCUT2D eigenvalue weighted by Gasteiger charge is 2.20. The van der Waals surface area contributed by atoms with Crippen LogP contribution in [-0.4, -0.2) is 37.6 Å². The standard InChI is InChI=1S/C15H25N3/c1-12(2)13-3-5-14(6-4-13)15(11-16)18-9-7-17-8-10-18/h3-6,12,15,17H,7-11,16H2,1-2H3. The first-order valence-electron chi connectivity index (χ1n) is 6.97. The van der Waals surface area contributed by atoms with E-state index < -0.39 is 0 Å². The van der Waals surface area contributed by atoms with Gasteiger partial charge in [0.1, 0.15) is 0 Å². The zero-order valence-corrected chi connectivity index (χ0v) is 11.5. The van der Waals surface area contributed by atoms with Gasteiger partial charge in [0.15, 0.2) is 0 Å². The molecule has 0 aromatic heterocycles. The van der Waals surface area contributed by atoms with Crippen LogP contribution in [-0.2, 0) is 0 Å². The third kappa shape index (κ3) is 3.10. The Morgan fingerprint density at radius 2 is 1.67 bits per heavy atom. The van der Waals surface area contributed by atoms with Crippen LogP contribution in [0, 0.1) is 0 Å². The smallest absolute Gasteiger partial charge is 0.0471 e. The molecule has 1 unspecified atom stereocenters. The molecule has 1 saturated heterocycles. The maximum Gasteiger partial charge on any atom is 0.0471 e. The molecule has 0 aliphatic carbocycles. The fraction of sp³-hybridized carbons (Fsp3) is 0.600. The van der Waals surface area contributed by atoms with Crippen LogP contribution in [0.25, 0.3) is 0 Å². The molecule has 3 N–H and O–H groups in total. The molecule has 2 rings (SSSR count). The summed E-state index contributed by atoms with van der Waals surface area (Å²) in [5.41, 5.74) is 8.72. The van der Waals surface area contributed by atoms with Crippen LogP contribution in [0.5, 0.6) is 0 Å². The van der Waals surface area contributed by atoms with E-state index in [4.69, 9.17) is 5.73 Å². The lowest BCUT2D eigenvalue weighted by atomic mass is 9.98. The number of nitrogens with one attached hydrogen (secondary N) is 1. The Morgan fingerprint density at radius 1 is 1.11 bits per heavy atom. The molecule has 1 atom stereocenters. The lowest BCUT2D eigenvalue weighted by Crippen LogP contribution is -2.46. The lowest BCUT2D eigenvalue weighted by molar-refractivity contribution is 0.178. The zero-order valence-electron chi connectivity index (χ0n) is 11.5. The Hall–Kier alpha value is -0.900. The maximum atomic E-state index is 5.97. The number of piperazine rings is 1. The molecule has 0 bridgehead atoms. The molecular weight excluding hydrogens is 222 g/mol. The van der Waals surface area contributed by atoms with Gasteiger partial charge in [0, 0.05) is 38.8 Å². The number of hydrogen-bond acceptors (Lipinski definition) is 3. The van der Waals surface area contributed by atoms with Crippen LogP contribution in [0.1, 0.15) is 36.9 Å². The summed E-state index contributed by atoms with van der Waals surface area (Å²) in [6.07, 6.45) is 0. The molecule has 1 aliphatic rings. The SMILES string of the molecule is CC(C)c1ccc(C(CN)N2CCNCC2)cc1. The van der Waals surface area contributed by atoms with Crippen molar-refractivity contribution in [1.82, 2.24) is 10.2 Å². The summed E-state index contributed by atoms with van der Waals surface area (Å²) >= 11 is 0. The Balaban J connectivity index is 2.11. The van der Waals surface area contributed by atoms with Crippen molar-refractivity contribution in [2.24, 2.45) is 5.73 Å². The van der Waals surface area contributed by atoms with Crippen molar-refractivity contribution in [1.29, 1.82) is 0 Å². The molecule has 0 spiro atoms. The van der Waals surface area contributed by atoms with Gasteiger partial charge < -0.3 is 11.1 Å². The van der Waals surface area contributed by atoms with Crippen LogP contribution >= 0.6 is 0 Å². The summed E-state index contributed by atoms with van der Waals surface area (Å²) in [6, 6.07) is 9.34. The highest BCUT2D eigenvalue weighted by atomic mass is 15.2. The first kappa shape index (κ1) is 13.5. The summed E-state index contributed by atoms with van der Waals surface area (Å²) in [5.74, 6) is 0.592. The number of hydrogen-bond donors (Lipinski definition) is 2. The van der Waals surface area contributed by atoms with E-state index in [9.17, 15) is 0 Å². The molecule has 1 aliphatic heterocycles. The van der Waals surface area contributed by atoms with Gasteiger partial charge in [-0.15, -0.1) is 0 Å². The van der Waals surface area contributed by atoms with E-state index in [1.165, 1.54) is 11.1 Å². The molecule has 0 amide bonds. The highest BCUT2D eigenvalue weighted by molar-refractivity contribution is 5.27. The van der Waals surface area contributed by atoms with Gasteiger partial charge in [-0.05, 0) is 17.0 Å². The second kappa shape index (κ2) is 6.32. The minimum absolute atomic E-state index is 0.369. The first-order chi connectivity index (χ1) is 8.72. The molecule has 100 valence electrons. The number of benzene rings is 1. The normalized spacial score (nSPS) is 19.1. The van der Waals surface area contributed by atoms with Gasteiger partial charge in [-0.1, -0.05) is 38.1 Å². The zero-order chi connectivity index (χ0) is 13.0. The molecule has 1 aromatic rings. The van der Waals surface area contributed by atoms with E-state index in [0.29, 0.717) is 18.5 Å². The summed E-state index contributed by atoms with van der Waals surface area (Å²) in [4.78, 5) is 2.49. The third-order valence-electron chi connectivity index (χ3n) is 3.80. The predicted molar refractivity (Wildman–Crippen MR) is 76.8 cm³/mol. The topological polar surface area (TPSA) is 41.3 Å². The van der Waals surface area contributed by atoms with Crippen LogP contribution in [0.2, 0.25) is 0 Å². The van der Waals surface area contributed by atoms with Crippen LogP contribution in [0.15, 0.2) is 24.3 Å².